The molecule has 1 amide bonds. The highest BCUT2D eigenvalue weighted by Gasteiger charge is 2.25. The zero-order valence-electron chi connectivity index (χ0n) is 14.0. The van der Waals surface area contributed by atoms with Gasteiger partial charge in [-0.3, -0.25) is 9.69 Å². The van der Waals surface area contributed by atoms with Gasteiger partial charge in [-0.15, -0.1) is 0 Å². The van der Waals surface area contributed by atoms with Crippen molar-refractivity contribution < 1.29 is 17.6 Å². The summed E-state index contributed by atoms with van der Waals surface area (Å²) < 4.78 is 38.1. The van der Waals surface area contributed by atoms with Gasteiger partial charge in [-0.05, 0) is 38.1 Å². The number of halogens is 1. The molecule has 1 unspecified atom stereocenters. The SMILES string of the molecule is CCN1CCCC1CNC(=O)c1cc(S(=O)(=O)CC)c(N)cc1F. The first kappa shape index (κ1) is 18.7. The van der Waals surface area contributed by atoms with Gasteiger partial charge >= 0.3 is 0 Å². The molecule has 2 rings (SSSR count). The highest BCUT2D eigenvalue weighted by molar-refractivity contribution is 7.91. The smallest absolute Gasteiger partial charge is 0.254 e. The first-order valence-electron chi connectivity index (χ1n) is 8.14. The van der Waals surface area contributed by atoms with Gasteiger partial charge < -0.3 is 11.1 Å². The Hall–Kier alpha value is -1.67. The van der Waals surface area contributed by atoms with E-state index in [1.807, 2.05) is 0 Å². The van der Waals surface area contributed by atoms with Crippen molar-refractivity contribution in [1.82, 2.24) is 10.2 Å². The van der Waals surface area contributed by atoms with E-state index >= 15 is 0 Å². The highest BCUT2D eigenvalue weighted by atomic mass is 32.2. The summed E-state index contributed by atoms with van der Waals surface area (Å²) in [5.41, 5.74) is 5.13. The van der Waals surface area contributed by atoms with Crippen molar-refractivity contribution >= 4 is 21.4 Å². The van der Waals surface area contributed by atoms with Crippen LogP contribution in [0.4, 0.5) is 10.1 Å². The van der Waals surface area contributed by atoms with Gasteiger partial charge in [-0.1, -0.05) is 13.8 Å². The molecule has 0 spiro atoms. The number of amides is 1. The Morgan fingerprint density at radius 1 is 1.42 bits per heavy atom. The van der Waals surface area contributed by atoms with Crippen LogP contribution in [0, 0.1) is 5.82 Å². The van der Waals surface area contributed by atoms with Crippen LogP contribution in [0.2, 0.25) is 0 Å². The summed E-state index contributed by atoms with van der Waals surface area (Å²) >= 11 is 0. The number of likely N-dealkylation sites (N-methyl/N-ethyl adjacent to an activating group) is 1. The number of nitrogens with one attached hydrogen (secondary N) is 1. The van der Waals surface area contributed by atoms with E-state index in [9.17, 15) is 17.6 Å². The molecule has 1 atom stereocenters. The fraction of sp³-hybridized carbons (Fsp3) is 0.562. The standard InChI is InChI=1S/C16H24FN3O3S/c1-3-20-7-5-6-11(20)10-19-16(21)12-8-15(24(22,23)4-2)14(18)9-13(12)17/h8-9,11H,3-7,10,18H2,1-2H3,(H,19,21). The van der Waals surface area contributed by atoms with Gasteiger partial charge in [-0.25, -0.2) is 12.8 Å². The molecule has 0 saturated carbocycles. The van der Waals surface area contributed by atoms with Gasteiger partial charge in [0.1, 0.15) is 5.82 Å². The number of benzene rings is 1. The number of anilines is 1. The molecule has 1 aliphatic heterocycles. The number of carbonyl (C=O) groups excluding carboxylic acids is 1. The van der Waals surface area contributed by atoms with Crippen LogP contribution in [-0.2, 0) is 9.84 Å². The van der Waals surface area contributed by atoms with E-state index in [2.05, 4.69) is 17.1 Å². The van der Waals surface area contributed by atoms with Crippen molar-refractivity contribution in [2.75, 3.05) is 31.1 Å². The van der Waals surface area contributed by atoms with Crippen molar-refractivity contribution in [2.24, 2.45) is 0 Å². The van der Waals surface area contributed by atoms with Crippen LogP contribution in [0.25, 0.3) is 0 Å². The van der Waals surface area contributed by atoms with E-state index in [4.69, 9.17) is 5.73 Å². The summed E-state index contributed by atoms with van der Waals surface area (Å²) in [6, 6.07) is 2.16. The summed E-state index contributed by atoms with van der Waals surface area (Å²) in [5, 5.41) is 2.71. The number of rotatable bonds is 6. The minimum atomic E-state index is -3.62. The fourth-order valence-corrected chi connectivity index (χ4v) is 4.04. The van der Waals surface area contributed by atoms with E-state index < -0.39 is 21.6 Å². The molecule has 1 heterocycles. The van der Waals surface area contributed by atoms with E-state index in [-0.39, 0.29) is 27.9 Å². The normalized spacial score (nSPS) is 18.7. The topological polar surface area (TPSA) is 92.5 Å². The largest absolute Gasteiger partial charge is 0.398 e. The summed E-state index contributed by atoms with van der Waals surface area (Å²) in [6.07, 6.45) is 2.05. The van der Waals surface area contributed by atoms with Crippen LogP contribution in [0.3, 0.4) is 0 Å². The molecule has 6 nitrogen and oxygen atoms in total. The molecule has 1 aliphatic rings. The second kappa shape index (κ2) is 7.48. The summed E-state index contributed by atoms with van der Waals surface area (Å²) in [4.78, 5) is 14.3. The van der Waals surface area contributed by atoms with Crippen LogP contribution < -0.4 is 11.1 Å². The lowest BCUT2D eigenvalue weighted by atomic mass is 10.1. The maximum absolute atomic E-state index is 14.1. The van der Waals surface area contributed by atoms with E-state index in [0.717, 1.165) is 38.1 Å². The van der Waals surface area contributed by atoms with Gasteiger partial charge in [-0.2, -0.15) is 0 Å². The molecule has 3 N–H and O–H groups in total. The molecule has 1 aromatic rings. The first-order valence-corrected chi connectivity index (χ1v) is 9.79. The number of carbonyl (C=O) groups is 1. The number of nitrogen functional groups attached to an aromatic ring is 1. The lowest BCUT2D eigenvalue weighted by Gasteiger charge is -2.23. The van der Waals surface area contributed by atoms with Crippen molar-refractivity contribution in [3.05, 3.63) is 23.5 Å². The average molecular weight is 357 g/mol. The van der Waals surface area contributed by atoms with Crippen molar-refractivity contribution in [2.45, 2.75) is 37.6 Å². The number of sulfone groups is 1. The number of hydrogen-bond donors (Lipinski definition) is 2. The third kappa shape index (κ3) is 3.87. The lowest BCUT2D eigenvalue weighted by molar-refractivity contribution is 0.0937. The third-order valence-electron chi connectivity index (χ3n) is 4.46. The maximum atomic E-state index is 14.1. The van der Waals surface area contributed by atoms with E-state index in [1.165, 1.54) is 6.92 Å². The molecule has 0 aromatic heterocycles. The monoisotopic (exact) mass is 357 g/mol. The fourth-order valence-electron chi connectivity index (χ4n) is 3.02. The quantitative estimate of drug-likeness (QED) is 0.593. The van der Waals surface area contributed by atoms with Gasteiger partial charge in [0.15, 0.2) is 9.84 Å². The zero-order chi connectivity index (χ0) is 17.9. The zero-order valence-corrected chi connectivity index (χ0v) is 14.8. The molecular weight excluding hydrogens is 333 g/mol. The number of likely N-dealkylation sites (tertiary alicyclic amines) is 1. The van der Waals surface area contributed by atoms with Crippen LogP contribution in [-0.4, -0.2) is 50.7 Å². The van der Waals surface area contributed by atoms with Crippen molar-refractivity contribution in [3.63, 3.8) is 0 Å². The van der Waals surface area contributed by atoms with Gasteiger partial charge in [0.25, 0.3) is 5.91 Å². The predicted molar refractivity (Wildman–Crippen MR) is 91.1 cm³/mol. The predicted octanol–water partition coefficient (Wildman–Crippen LogP) is 1.42. The Kier molecular flexibility index (Phi) is 5.82. The van der Waals surface area contributed by atoms with Crippen LogP contribution in [0.1, 0.15) is 37.0 Å². The Bertz CT molecular complexity index is 722. The molecule has 1 aromatic carbocycles. The second-order valence-corrected chi connectivity index (χ2v) is 8.15. The van der Waals surface area contributed by atoms with Crippen LogP contribution in [0.5, 0.6) is 0 Å². The lowest BCUT2D eigenvalue weighted by Crippen LogP contribution is -2.40. The Balaban J connectivity index is 2.19. The summed E-state index contributed by atoms with van der Waals surface area (Å²) in [5.74, 6) is -1.61. The average Bonchev–Trinajstić information content (AvgIpc) is 2.99. The summed E-state index contributed by atoms with van der Waals surface area (Å²) in [7, 11) is -3.62. The van der Waals surface area contributed by atoms with Gasteiger partial charge in [0, 0.05) is 12.6 Å². The Morgan fingerprint density at radius 2 is 2.12 bits per heavy atom. The van der Waals surface area contributed by atoms with Crippen molar-refractivity contribution in [1.29, 1.82) is 0 Å². The molecule has 0 aliphatic carbocycles. The maximum Gasteiger partial charge on any atom is 0.254 e. The van der Waals surface area contributed by atoms with Crippen LogP contribution in [0.15, 0.2) is 17.0 Å². The van der Waals surface area contributed by atoms with E-state index in [0.29, 0.717) is 6.54 Å². The van der Waals surface area contributed by atoms with Crippen LogP contribution >= 0.6 is 0 Å². The third-order valence-corrected chi connectivity index (χ3v) is 6.25. The molecular formula is C16H24FN3O3S. The van der Waals surface area contributed by atoms with E-state index in [1.54, 1.807) is 0 Å². The number of hydrogen-bond acceptors (Lipinski definition) is 5. The molecule has 0 radical (unpaired) electrons. The highest BCUT2D eigenvalue weighted by Crippen LogP contribution is 2.24. The van der Waals surface area contributed by atoms with Crippen molar-refractivity contribution in [3.8, 4) is 0 Å². The molecule has 1 fully saturated rings. The number of nitrogens with zero attached hydrogens (tertiary/aromatic N) is 1. The van der Waals surface area contributed by atoms with Gasteiger partial charge in [0.05, 0.1) is 21.9 Å². The van der Waals surface area contributed by atoms with Gasteiger partial charge in [0.2, 0.25) is 0 Å². The second-order valence-electron chi connectivity index (χ2n) is 5.91. The molecule has 1 saturated heterocycles. The number of nitrogens with two attached hydrogens (primary N) is 1. The minimum absolute atomic E-state index is 0.169. The Labute approximate surface area is 142 Å². The minimum Gasteiger partial charge on any atom is -0.398 e. The first-order chi connectivity index (χ1) is 11.3. The Morgan fingerprint density at radius 3 is 2.75 bits per heavy atom. The molecule has 8 heteroatoms. The summed E-state index contributed by atoms with van der Waals surface area (Å²) in [6.45, 7) is 5.83. The molecule has 0 bridgehead atoms. The molecule has 134 valence electrons. The molecule has 24 heavy (non-hydrogen) atoms.